The lowest BCUT2D eigenvalue weighted by Gasteiger charge is -2.28. The number of nitrogens with two attached hydrogens (primary N) is 1. The molecule has 0 spiro atoms. The summed E-state index contributed by atoms with van der Waals surface area (Å²) in [5.74, 6) is 0. The maximum atomic E-state index is 6.06. The zero-order valence-electron chi connectivity index (χ0n) is 11.6. The van der Waals surface area contributed by atoms with Crippen LogP contribution in [0.25, 0.3) is 10.9 Å². The summed E-state index contributed by atoms with van der Waals surface area (Å²) in [6.45, 7) is 1.90. The fraction of sp³-hybridized carbons (Fsp3) is 0.438. The summed E-state index contributed by atoms with van der Waals surface area (Å²) >= 11 is 6.06. The average Bonchev–Trinajstić information content (AvgIpc) is 2.92. The third kappa shape index (κ3) is 2.60. The summed E-state index contributed by atoms with van der Waals surface area (Å²) in [6.07, 6.45) is 6.67. The molecule has 1 saturated heterocycles. The van der Waals surface area contributed by atoms with E-state index in [1.807, 2.05) is 18.3 Å². The lowest BCUT2D eigenvalue weighted by atomic mass is 10.1. The van der Waals surface area contributed by atoms with Gasteiger partial charge in [-0.05, 0) is 56.5 Å². The number of hydrogen-bond acceptors (Lipinski definition) is 3. The van der Waals surface area contributed by atoms with Crippen molar-refractivity contribution in [1.29, 1.82) is 0 Å². The van der Waals surface area contributed by atoms with Gasteiger partial charge in [-0.3, -0.25) is 4.98 Å². The van der Waals surface area contributed by atoms with Crippen LogP contribution in [0.5, 0.6) is 0 Å². The molecule has 2 aromatic rings. The molecule has 1 fully saturated rings. The Labute approximate surface area is 124 Å². The second-order valence-corrected chi connectivity index (χ2v) is 5.85. The molecule has 0 saturated carbocycles. The molecule has 1 aliphatic rings. The highest BCUT2D eigenvalue weighted by Gasteiger charge is 2.25. The van der Waals surface area contributed by atoms with E-state index in [-0.39, 0.29) is 0 Å². The quantitative estimate of drug-likeness (QED) is 0.935. The van der Waals surface area contributed by atoms with Gasteiger partial charge in [-0.2, -0.15) is 0 Å². The van der Waals surface area contributed by atoms with Crippen molar-refractivity contribution in [3.63, 3.8) is 0 Å². The molecule has 4 heteroatoms. The molecule has 1 atom stereocenters. The Morgan fingerprint density at radius 1 is 1.35 bits per heavy atom. The minimum absolute atomic E-state index is 0.611. The summed E-state index contributed by atoms with van der Waals surface area (Å²) in [4.78, 5) is 6.95. The van der Waals surface area contributed by atoms with Crippen LogP contribution >= 0.6 is 11.6 Å². The molecule has 1 aromatic heterocycles. The van der Waals surface area contributed by atoms with Gasteiger partial charge in [-0.1, -0.05) is 11.6 Å². The van der Waals surface area contributed by atoms with Crippen LogP contribution in [-0.4, -0.2) is 24.1 Å². The van der Waals surface area contributed by atoms with E-state index < -0.39 is 0 Å². The minimum Gasteiger partial charge on any atom is -0.368 e. The molecule has 20 heavy (non-hydrogen) atoms. The summed E-state index contributed by atoms with van der Waals surface area (Å²) < 4.78 is 0. The van der Waals surface area contributed by atoms with Crippen LogP contribution in [0.1, 0.15) is 25.7 Å². The molecule has 0 bridgehead atoms. The Hall–Kier alpha value is -1.32. The Morgan fingerprint density at radius 3 is 3.10 bits per heavy atom. The van der Waals surface area contributed by atoms with E-state index in [0.717, 1.165) is 30.0 Å². The van der Waals surface area contributed by atoms with Crippen LogP contribution in [-0.2, 0) is 0 Å². The smallest absolute Gasteiger partial charge is 0.0737 e. The number of fused-ring (bicyclic) bond motifs is 1. The normalized spacial score (nSPS) is 18.9. The monoisotopic (exact) mass is 289 g/mol. The lowest BCUT2D eigenvalue weighted by Crippen LogP contribution is -2.29. The molecule has 1 aromatic carbocycles. The van der Waals surface area contributed by atoms with Crippen molar-refractivity contribution in [3.8, 4) is 0 Å². The highest BCUT2D eigenvalue weighted by Crippen LogP contribution is 2.33. The molecule has 0 aliphatic carbocycles. The predicted molar refractivity (Wildman–Crippen MR) is 85.4 cm³/mol. The van der Waals surface area contributed by atoms with Gasteiger partial charge in [-0.15, -0.1) is 0 Å². The number of halogens is 1. The van der Waals surface area contributed by atoms with Crippen molar-refractivity contribution in [2.75, 3.05) is 18.0 Å². The standard InChI is InChI=1S/C16H20ClN3/c17-12-5-6-14-15(11-12)19-9-7-16(14)20-10-2-4-13(20)3-1-8-18/h5-7,9,11,13H,1-4,8,10,18H2. The van der Waals surface area contributed by atoms with Crippen molar-refractivity contribution < 1.29 is 0 Å². The van der Waals surface area contributed by atoms with Gasteiger partial charge >= 0.3 is 0 Å². The van der Waals surface area contributed by atoms with Gasteiger partial charge < -0.3 is 10.6 Å². The molecular formula is C16H20ClN3. The maximum Gasteiger partial charge on any atom is 0.0737 e. The zero-order chi connectivity index (χ0) is 13.9. The highest BCUT2D eigenvalue weighted by atomic mass is 35.5. The average molecular weight is 290 g/mol. The first-order chi connectivity index (χ1) is 9.79. The molecule has 1 aliphatic heterocycles. The van der Waals surface area contributed by atoms with Crippen molar-refractivity contribution in [2.24, 2.45) is 5.73 Å². The summed E-state index contributed by atoms with van der Waals surface area (Å²) in [5, 5.41) is 1.93. The van der Waals surface area contributed by atoms with Gasteiger partial charge in [-0.25, -0.2) is 0 Å². The van der Waals surface area contributed by atoms with Crippen molar-refractivity contribution in [1.82, 2.24) is 4.98 Å². The second-order valence-electron chi connectivity index (χ2n) is 5.41. The fourth-order valence-corrected chi connectivity index (χ4v) is 3.33. The van der Waals surface area contributed by atoms with Gasteiger partial charge in [0.1, 0.15) is 0 Å². The van der Waals surface area contributed by atoms with Gasteiger partial charge in [0.25, 0.3) is 0 Å². The Bertz CT molecular complexity index is 599. The van der Waals surface area contributed by atoms with E-state index in [2.05, 4.69) is 22.0 Å². The first-order valence-electron chi connectivity index (χ1n) is 7.30. The van der Waals surface area contributed by atoms with Crippen LogP contribution in [0, 0.1) is 0 Å². The molecule has 2 heterocycles. The molecule has 0 radical (unpaired) electrons. The van der Waals surface area contributed by atoms with E-state index >= 15 is 0 Å². The van der Waals surface area contributed by atoms with Gasteiger partial charge in [0.15, 0.2) is 0 Å². The number of nitrogens with zero attached hydrogens (tertiary/aromatic N) is 2. The van der Waals surface area contributed by atoms with E-state index in [0.29, 0.717) is 6.04 Å². The van der Waals surface area contributed by atoms with Crippen LogP contribution in [0.4, 0.5) is 5.69 Å². The number of anilines is 1. The molecule has 2 N–H and O–H groups in total. The number of pyridine rings is 1. The summed E-state index contributed by atoms with van der Waals surface area (Å²) in [7, 11) is 0. The van der Waals surface area contributed by atoms with Gasteiger partial charge in [0.05, 0.1) is 5.52 Å². The Kier molecular flexibility index (Phi) is 4.08. The number of hydrogen-bond donors (Lipinski definition) is 1. The topological polar surface area (TPSA) is 42.1 Å². The Balaban J connectivity index is 1.96. The van der Waals surface area contributed by atoms with E-state index in [9.17, 15) is 0 Å². The molecule has 106 valence electrons. The summed E-state index contributed by atoms with van der Waals surface area (Å²) in [5.41, 5.74) is 7.91. The van der Waals surface area contributed by atoms with E-state index in [1.165, 1.54) is 30.3 Å². The maximum absolute atomic E-state index is 6.06. The zero-order valence-corrected chi connectivity index (χ0v) is 12.3. The third-order valence-corrected chi connectivity index (χ3v) is 4.34. The van der Waals surface area contributed by atoms with Crippen LogP contribution in [0.15, 0.2) is 30.5 Å². The lowest BCUT2D eigenvalue weighted by molar-refractivity contribution is 0.586. The molecular weight excluding hydrogens is 270 g/mol. The molecule has 3 rings (SSSR count). The van der Waals surface area contributed by atoms with Gasteiger partial charge in [0, 0.05) is 34.9 Å². The SMILES string of the molecule is NCCCC1CCCN1c1ccnc2cc(Cl)ccc12. The van der Waals surface area contributed by atoms with E-state index in [1.54, 1.807) is 0 Å². The first-order valence-corrected chi connectivity index (χ1v) is 7.68. The fourth-order valence-electron chi connectivity index (χ4n) is 3.16. The number of aromatic nitrogens is 1. The first kappa shape index (κ1) is 13.7. The van der Waals surface area contributed by atoms with Crippen molar-refractivity contribution >= 4 is 28.2 Å². The second kappa shape index (κ2) is 5.98. The van der Waals surface area contributed by atoms with Crippen molar-refractivity contribution in [3.05, 3.63) is 35.5 Å². The van der Waals surface area contributed by atoms with Gasteiger partial charge in [0.2, 0.25) is 0 Å². The Morgan fingerprint density at radius 2 is 2.25 bits per heavy atom. The molecule has 3 nitrogen and oxygen atoms in total. The highest BCUT2D eigenvalue weighted by molar-refractivity contribution is 6.31. The summed E-state index contributed by atoms with van der Waals surface area (Å²) in [6, 6.07) is 8.69. The van der Waals surface area contributed by atoms with Crippen molar-refractivity contribution in [2.45, 2.75) is 31.7 Å². The van der Waals surface area contributed by atoms with Crippen LogP contribution in [0.2, 0.25) is 5.02 Å². The largest absolute Gasteiger partial charge is 0.368 e. The third-order valence-electron chi connectivity index (χ3n) is 4.11. The predicted octanol–water partition coefficient (Wildman–Crippen LogP) is 3.60. The van der Waals surface area contributed by atoms with E-state index in [4.69, 9.17) is 17.3 Å². The van der Waals surface area contributed by atoms with Crippen LogP contribution in [0.3, 0.4) is 0 Å². The molecule has 0 amide bonds. The minimum atomic E-state index is 0.611. The molecule has 1 unspecified atom stereocenters. The number of rotatable bonds is 4. The van der Waals surface area contributed by atoms with Crippen LogP contribution < -0.4 is 10.6 Å². The number of benzene rings is 1.